The maximum atomic E-state index is 11.7. The van der Waals surface area contributed by atoms with Crippen LogP contribution in [0.25, 0.3) is 0 Å². The van der Waals surface area contributed by atoms with Crippen molar-refractivity contribution >= 4 is 39.8 Å². The molecule has 0 amide bonds. The van der Waals surface area contributed by atoms with Crippen LogP contribution in [-0.4, -0.2) is 22.0 Å². The summed E-state index contributed by atoms with van der Waals surface area (Å²) in [5, 5.41) is 0.527. The fraction of sp³-hybridized carbons (Fsp3) is 0.333. The molecule has 0 aliphatic rings. The Morgan fingerprint density at radius 1 is 1.57 bits per heavy atom. The van der Waals surface area contributed by atoms with E-state index in [4.69, 9.17) is 17.3 Å². The molecular weight excluding hydrogens is 238 g/mol. The summed E-state index contributed by atoms with van der Waals surface area (Å²) < 4.78 is 11.7. The minimum atomic E-state index is -1.04. The van der Waals surface area contributed by atoms with Crippen LogP contribution in [0.1, 0.15) is 0 Å². The molecule has 0 saturated carbocycles. The van der Waals surface area contributed by atoms with Gasteiger partial charge in [0.2, 0.25) is 0 Å². The van der Waals surface area contributed by atoms with Crippen LogP contribution in [-0.2, 0) is 10.8 Å². The Bertz CT molecular complexity index is 344. The third kappa shape index (κ3) is 3.19. The van der Waals surface area contributed by atoms with Crippen molar-refractivity contribution in [1.82, 2.24) is 0 Å². The molecule has 0 fully saturated rings. The Morgan fingerprint density at radius 2 is 2.29 bits per heavy atom. The standard InChI is InChI=1S/C9H12ClNOS2/c1-13-4-5-14(12)9-6-7(11)2-3-8(9)10/h2-3,6H,4-5,11H2,1H3. The second-order valence-corrected chi connectivity index (χ2v) is 5.66. The summed E-state index contributed by atoms with van der Waals surface area (Å²) in [6.07, 6.45) is 1.98. The van der Waals surface area contributed by atoms with Crippen molar-refractivity contribution < 1.29 is 4.21 Å². The molecule has 78 valence electrons. The molecule has 1 aromatic rings. The summed E-state index contributed by atoms with van der Waals surface area (Å²) in [5.74, 6) is 1.47. The van der Waals surface area contributed by atoms with Gasteiger partial charge in [-0.2, -0.15) is 11.8 Å². The van der Waals surface area contributed by atoms with Crippen LogP contribution in [0.5, 0.6) is 0 Å². The molecule has 1 atom stereocenters. The first-order valence-electron chi connectivity index (χ1n) is 4.07. The van der Waals surface area contributed by atoms with Crippen molar-refractivity contribution in [2.45, 2.75) is 4.90 Å². The lowest BCUT2D eigenvalue weighted by molar-refractivity contribution is 0.684. The highest BCUT2D eigenvalue weighted by atomic mass is 35.5. The van der Waals surface area contributed by atoms with E-state index in [9.17, 15) is 4.21 Å². The SMILES string of the molecule is CSCCS(=O)c1cc(N)ccc1Cl. The zero-order chi connectivity index (χ0) is 10.6. The maximum absolute atomic E-state index is 11.7. The van der Waals surface area contributed by atoms with Gasteiger partial charge in [-0.3, -0.25) is 4.21 Å². The van der Waals surface area contributed by atoms with E-state index in [1.165, 1.54) is 0 Å². The van der Waals surface area contributed by atoms with Crippen LogP contribution in [0.4, 0.5) is 5.69 Å². The van der Waals surface area contributed by atoms with E-state index in [0.717, 1.165) is 5.75 Å². The minimum Gasteiger partial charge on any atom is -0.399 e. The normalized spacial score (nSPS) is 12.7. The lowest BCUT2D eigenvalue weighted by Crippen LogP contribution is -2.02. The third-order valence-corrected chi connectivity index (χ3v) is 4.39. The van der Waals surface area contributed by atoms with Gasteiger partial charge in [0.05, 0.1) is 20.7 Å². The van der Waals surface area contributed by atoms with Crippen molar-refractivity contribution in [2.75, 3.05) is 23.5 Å². The Morgan fingerprint density at radius 3 is 2.93 bits per heavy atom. The van der Waals surface area contributed by atoms with Crippen molar-refractivity contribution in [1.29, 1.82) is 0 Å². The molecule has 0 aliphatic heterocycles. The fourth-order valence-electron chi connectivity index (χ4n) is 0.963. The van der Waals surface area contributed by atoms with Gasteiger partial charge in [0.25, 0.3) is 0 Å². The summed E-state index contributed by atoms with van der Waals surface area (Å²) in [7, 11) is -1.04. The second-order valence-electron chi connectivity index (χ2n) is 2.73. The molecule has 0 bridgehead atoms. The average molecular weight is 250 g/mol. The van der Waals surface area contributed by atoms with E-state index in [-0.39, 0.29) is 0 Å². The summed E-state index contributed by atoms with van der Waals surface area (Å²) in [6.45, 7) is 0. The Kier molecular flexibility index (Phi) is 4.78. The lowest BCUT2D eigenvalue weighted by Gasteiger charge is -2.04. The Labute approximate surface area is 95.7 Å². The summed E-state index contributed by atoms with van der Waals surface area (Å²) >= 11 is 7.58. The molecule has 0 aromatic heterocycles. The highest BCUT2D eigenvalue weighted by Crippen LogP contribution is 2.22. The number of nitrogens with two attached hydrogens (primary N) is 1. The maximum Gasteiger partial charge on any atom is 0.0595 e. The number of hydrogen-bond acceptors (Lipinski definition) is 3. The fourth-order valence-corrected chi connectivity index (χ4v) is 3.38. The lowest BCUT2D eigenvalue weighted by atomic mass is 10.3. The molecule has 1 rings (SSSR count). The zero-order valence-corrected chi connectivity index (χ0v) is 10.2. The highest BCUT2D eigenvalue weighted by Gasteiger charge is 2.08. The predicted molar refractivity (Wildman–Crippen MR) is 65.5 cm³/mol. The molecule has 0 saturated heterocycles. The van der Waals surface area contributed by atoms with Crippen LogP contribution in [0.15, 0.2) is 23.1 Å². The molecule has 0 heterocycles. The molecule has 0 radical (unpaired) electrons. The number of anilines is 1. The topological polar surface area (TPSA) is 43.1 Å². The molecule has 1 unspecified atom stereocenters. The molecule has 2 nitrogen and oxygen atoms in total. The molecule has 0 aliphatic carbocycles. The third-order valence-electron chi connectivity index (χ3n) is 1.67. The second kappa shape index (κ2) is 5.63. The van der Waals surface area contributed by atoms with E-state index in [0.29, 0.717) is 21.4 Å². The zero-order valence-electron chi connectivity index (χ0n) is 7.83. The highest BCUT2D eigenvalue weighted by molar-refractivity contribution is 7.99. The molecule has 1 aromatic carbocycles. The van der Waals surface area contributed by atoms with Crippen LogP contribution >= 0.6 is 23.4 Å². The van der Waals surface area contributed by atoms with E-state index in [1.54, 1.807) is 30.0 Å². The van der Waals surface area contributed by atoms with Gasteiger partial charge >= 0.3 is 0 Å². The largest absolute Gasteiger partial charge is 0.399 e. The summed E-state index contributed by atoms with van der Waals surface area (Å²) in [5.41, 5.74) is 6.19. The van der Waals surface area contributed by atoms with Crippen molar-refractivity contribution in [3.63, 3.8) is 0 Å². The molecule has 14 heavy (non-hydrogen) atoms. The first-order valence-corrected chi connectivity index (χ1v) is 7.16. The average Bonchev–Trinajstić information content (AvgIpc) is 2.18. The number of halogens is 1. The minimum absolute atomic E-state index is 0.527. The van der Waals surface area contributed by atoms with E-state index >= 15 is 0 Å². The first kappa shape index (κ1) is 11.9. The van der Waals surface area contributed by atoms with Gasteiger partial charge in [-0.15, -0.1) is 0 Å². The van der Waals surface area contributed by atoms with Gasteiger partial charge in [-0.05, 0) is 24.5 Å². The molecule has 5 heteroatoms. The monoisotopic (exact) mass is 249 g/mol. The molecule has 0 spiro atoms. The van der Waals surface area contributed by atoms with Gasteiger partial charge < -0.3 is 5.73 Å². The van der Waals surface area contributed by atoms with E-state index < -0.39 is 10.8 Å². The van der Waals surface area contributed by atoms with E-state index in [1.807, 2.05) is 6.26 Å². The summed E-state index contributed by atoms with van der Waals surface area (Å²) in [4.78, 5) is 0.640. The summed E-state index contributed by atoms with van der Waals surface area (Å²) in [6, 6.07) is 5.07. The first-order chi connectivity index (χ1) is 6.65. The van der Waals surface area contributed by atoms with Crippen molar-refractivity contribution in [2.24, 2.45) is 0 Å². The van der Waals surface area contributed by atoms with Gasteiger partial charge in [0, 0.05) is 17.2 Å². The quantitative estimate of drug-likeness (QED) is 0.834. The van der Waals surface area contributed by atoms with Crippen LogP contribution in [0.3, 0.4) is 0 Å². The molecule has 2 N–H and O–H groups in total. The van der Waals surface area contributed by atoms with Gasteiger partial charge in [-0.1, -0.05) is 11.6 Å². The number of thioether (sulfide) groups is 1. The Hall–Kier alpha value is -0.190. The van der Waals surface area contributed by atoms with Gasteiger partial charge in [0.1, 0.15) is 0 Å². The number of benzene rings is 1. The number of rotatable bonds is 4. The van der Waals surface area contributed by atoms with Crippen LogP contribution in [0, 0.1) is 0 Å². The van der Waals surface area contributed by atoms with Crippen LogP contribution < -0.4 is 5.73 Å². The smallest absolute Gasteiger partial charge is 0.0595 e. The Balaban J connectivity index is 2.83. The molecular formula is C9H12ClNOS2. The van der Waals surface area contributed by atoms with Crippen molar-refractivity contribution in [3.8, 4) is 0 Å². The van der Waals surface area contributed by atoms with Gasteiger partial charge in [-0.25, -0.2) is 0 Å². The van der Waals surface area contributed by atoms with Crippen LogP contribution in [0.2, 0.25) is 5.02 Å². The van der Waals surface area contributed by atoms with E-state index in [2.05, 4.69) is 0 Å². The van der Waals surface area contributed by atoms with Crippen molar-refractivity contribution in [3.05, 3.63) is 23.2 Å². The predicted octanol–water partition coefficient (Wildman–Crippen LogP) is 2.39. The number of nitrogen functional groups attached to an aromatic ring is 1. The number of hydrogen-bond donors (Lipinski definition) is 1. The van der Waals surface area contributed by atoms with Gasteiger partial charge in [0.15, 0.2) is 0 Å².